The molecule has 0 atom stereocenters. The van der Waals surface area contributed by atoms with Gasteiger partial charge in [-0.25, -0.2) is 4.98 Å². The number of aryl methyl sites for hydroxylation is 1. The second kappa shape index (κ2) is 5.85. The molecule has 134 valence electrons. The van der Waals surface area contributed by atoms with Gasteiger partial charge in [-0.1, -0.05) is 0 Å². The first kappa shape index (κ1) is 15.9. The first-order valence-electron chi connectivity index (χ1n) is 8.85. The molecule has 0 N–H and O–H groups in total. The Morgan fingerprint density at radius 1 is 1.27 bits per heavy atom. The van der Waals surface area contributed by atoms with E-state index in [0.29, 0.717) is 24.7 Å². The second-order valence-electron chi connectivity index (χ2n) is 6.92. The van der Waals surface area contributed by atoms with Crippen molar-refractivity contribution in [3.05, 3.63) is 45.7 Å². The van der Waals surface area contributed by atoms with Crippen molar-refractivity contribution in [1.29, 1.82) is 0 Å². The molecule has 3 aromatic heterocycles. The predicted octanol–water partition coefficient (Wildman–Crippen LogP) is 2.20. The molecule has 5 rings (SSSR count). The average Bonchev–Trinajstić information content (AvgIpc) is 3.29. The van der Waals surface area contributed by atoms with Gasteiger partial charge in [0.1, 0.15) is 5.60 Å². The van der Waals surface area contributed by atoms with Gasteiger partial charge in [-0.3, -0.25) is 9.20 Å². The van der Waals surface area contributed by atoms with Gasteiger partial charge in [-0.15, -0.1) is 21.5 Å². The first-order chi connectivity index (χ1) is 12.7. The van der Waals surface area contributed by atoms with Gasteiger partial charge >= 0.3 is 0 Å². The summed E-state index contributed by atoms with van der Waals surface area (Å²) in [5.74, 6) is 0.686. The molecule has 7 nitrogen and oxygen atoms in total. The number of hydrogen-bond donors (Lipinski definition) is 0. The smallest absolute Gasteiger partial charge is 0.292 e. The number of likely N-dealkylation sites (tertiary alicyclic amines) is 1. The van der Waals surface area contributed by atoms with Gasteiger partial charge in [0.25, 0.3) is 11.7 Å². The number of carbonyl (C=O) groups excluding carboxylic acids is 1. The van der Waals surface area contributed by atoms with Crippen molar-refractivity contribution >= 4 is 23.0 Å². The van der Waals surface area contributed by atoms with E-state index >= 15 is 0 Å². The summed E-state index contributed by atoms with van der Waals surface area (Å²) in [7, 11) is 0. The molecule has 26 heavy (non-hydrogen) atoms. The summed E-state index contributed by atoms with van der Waals surface area (Å²) in [6, 6.07) is 4.06. The third kappa shape index (κ3) is 2.36. The van der Waals surface area contributed by atoms with E-state index in [4.69, 9.17) is 4.74 Å². The second-order valence-corrected chi connectivity index (χ2v) is 7.84. The zero-order chi connectivity index (χ0) is 17.7. The molecule has 0 aromatic carbocycles. The highest BCUT2D eigenvalue weighted by molar-refractivity contribution is 7.10. The summed E-state index contributed by atoms with van der Waals surface area (Å²) in [5, 5.41) is 10.3. The highest BCUT2D eigenvalue weighted by atomic mass is 32.1. The summed E-state index contributed by atoms with van der Waals surface area (Å²) < 4.78 is 7.88. The molecule has 1 fully saturated rings. The summed E-state index contributed by atoms with van der Waals surface area (Å²) >= 11 is 1.78. The van der Waals surface area contributed by atoms with Crippen LogP contribution in [0.5, 0.6) is 0 Å². The SMILES string of the molecule is Cc1ccn2c(C(=O)N3CCC4(CC3)OCCc3ccsc34)nnc2n1. The molecule has 1 saturated heterocycles. The van der Waals surface area contributed by atoms with Gasteiger partial charge in [0.05, 0.1) is 6.61 Å². The molecule has 0 unspecified atom stereocenters. The van der Waals surface area contributed by atoms with Crippen LogP contribution in [0.25, 0.3) is 5.78 Å². The fourth-order valence-electron chi connectivity index (χ4n) is 3.96. The van der Waals surface area contributed by atoms with Crippen LogP contribution >= 0.6 is 11.3 Å². The molecule has 2 aliphatic heterocycles. The topological polar surface area (TPSA) is 72.6 Å². The van der Waals surface area contributed by atoms with E-state index < -0.39 is 0 Å². The van der Waals surface area contributed by atoms with Crippen LogP contribution < -0.4 is 0 Å². The molecule has 8 heteroatoms. The maximum atomic E-state index is 13.0. The molecule has 2 aliphatic rings. The van der Waals surface area contributed by atoms with E-state index in [0.717, 1.165) is 31.6 Å². The van der Waals surface area contributed by atoms with Crippen LogP contribution in [0.4, 0.5) is 0 Å². The van der Waals surface area contributed by atoms with Crippen LogP contribution in [-0.2, 0) is 16.8 Å². The van der Waals surface area contributed by atoms with Crippen LogP contribution in [0.1, 0.15) is 39.6 Å². The average molecular weight is 369 g/mol. The number of carbonyl (C=O) groups is 1. The number of thiophene rings is 1. The summed E-state index contributed by atoms with van der Waals surface area (Å²) in [6.07, 6.45) is 4.43. The number of nitrogens with zero attached hydrogens (tertiary/aromatic N) is 5. The highest BCUT2D eigenvalue weighted by Crippen LogP contribution is 2.44. The molecule has 1 amide bonds. The molecule has 0 saturated carbocycles. The maximum Gasteiger partial charge on any atom is 0.292 e. The zero-order valence-corrected chi connectivity index (χ0v) is 15.3. The number of ether oxygens (including phenoxy) is 1. The van der Waals surface area contributed by atoms with Gasteiger partial charge in [0.2, 0.25) is 5.82 Å². The molecule has 5 heterocycles. The Labute approximate surface area is 154 Å². The lowest BCUT2D eigenvalue weighted by molar-refractivity contribution is -0.0907. The van der Waals surface area contributed by atoms with Crippen LogP contribution in [0, 0.1) is 6.92 Å². The van der Waals surface area contributed by atoms with E-state index in [2.05, 4.69) is 26.6 Å². The summed E-state index contributed by atoms with van der Waals surface area (Å²) in [5.41, 5.74) is 2.04. The molecular formula is C18H19N5O2S. The van der Waals surface area contributed by atoms with Crippen molar-refractivity contribution in [2.45, 2.75) is 31.8 Å². The standard InChI is InChI=1S/C18H19N5O2S/c1-12-2-7-23-15(20-21-17(23)19-12)16(24)22-8-5-18(6-9-22)14-13(3-10-25-18)4-11-26-14/h2,4,7,11H,3,5-6,8-10H2,1H3. The van der Waals surface area contributed by atoms with Crippen molar-refractivity contribution in [2.24, 2.45) is 0 Å². The Morgan fingerprint density at radius 2 is 2.12 bits per heavy atom. The number of fused-ring (bicyclic) bond motifs is 3. The fraction of sp³-hybridized carbons (Fsp3) is 0.444. The molecule has 0 aliphatic carbocycles. The lowest BCUT2D eigenvalue weighted by Crippen LogP contribution is -2.48. The summed E-state index contributed by atoms with van der Waals surface area (Å²) in [4.78, 5) is 20.5. The Morgan fingerprint density at radius 3 is 2.96 bits per heavy atom. The normalized spacial score (nSPS) is 19.0. The zero-order valence-electron chi connectivity index (χ0n) is 14.5. The quantitative estimate of drug-likeness (QED) is 0.657. The monoisotopic (exact) mass is 369 g/mol. The lowest BCUT2D eigenvalue weighted by atomic mass is 9.85. The van der Waals surface area contributed by atoms with Gasteiger partial charge < -0.3 is 9.64 Å². The number of rotatable bonds is 1. The molecule has 3 aromatic rings. The van der Waals surface area contributed by atoms with Gasteiger partial charge in [-0.05, 0) is 49.3 Å². The first-order valence-corrected chi connectivity index (χ1v) is 9.73. The highest BCUT2D eigenvalue weighted by Gasteiger charge is 2.43. The third-order valence-corrected chi connectivity index (χ3v) is 6.52. The van der Waals surface area contributed by atoms with Gasteiger partial charge in [0, 0.05) is 29.9 Å². The van der Waals surface area contributed by atoms with E-state index in [1.165, 1.54) is 10.4 Å². The lowest BCUT2D eigenvalue weighted by Gasteiger charge is -2.43. The van der Waals surface area contributed by atoms with Crippen molar-refractivity contribution in [2.75, 3.05) is 19.7 Å². The number of piperidine rings is 1. The fourth-order valence-corrected chi connectivity index (χ4v) is 5.13. The van der Waals surface area contributed by atoms with Crippen LogP contribution in [0.3, 0.4) is 0 Å². The van der Waals surface area contributed by atoms with Crippen LogP contribution in [0.15, 0.2) is 23.7 Å². The summed E-state index contributed by atoms with van der Waals surface area (Å²) in [6.45, 7) is 3.97. The Balaban J connectivity index is 1.38. The minimum absolute atomic E-state index is 0.0970. The third-order valence-electron chi connectivity index (χ3n) is 5.38. The molecule has 1 spiro atoms. The Bertz CT molecular complexity index is 987. The number of hydrogen-bond acceptors (Lipinski definition) is 6. The van der Waals surface area contributed by atoms with E-state index in [9.17, 15) is 4.79 Å². The van der Waals surface area contributed by atoms with Crippen molar-refractivity contribution < 1.29 is 9.53 Å². The molecule has 0 radical (unpaired) electrons. The molecule has 0 bridgehead atoms. The predicted molar refractivity (Wildman–Crippen MR) is 96.3 cm³/mol. The van der Waals surface area contributed by atoms with Crippen molar-refractivity contribution in [3.8, 4) is 0 Å². The molecular weight excluding hydrogens is 350 g/mol. The number of aromatic nitrogens is 4. The van der Waals surface area contributed by atoms with E-state index in [1.807, 2.05) is 17.9 Å². The van der Waals surface area contributed by atoms with Crippen LogP contribution in [0.2, 0.25) is 0 Å². The van der Waals surface area contributed by atoms with E-state index in [-0.39, 0.29) is 11.5 Å². The number of amides is 1. The minimum Gasteiger partial charge on any atom is -0.369 e. The minimum atomic E-state index is -0.218. The van der Waals surface area contributed by atoms with Crippen LogP contribution in [-0.4, -0.2) is 50.1 Å². The Kier molecular flexibility index (Phi) is 3.58. The van der Waals surface area contributed by atoms with E-state index in [1.54, 1.807) is 21.9 Å². The van der Waals surface area contributed by atoms with Gasteiger partial charge in [0.15, 0.2) is 0 Å². The van der Waals surface area contributed by atoms with Crippen molar-refractivity contribution in [3.63, 3.8) is 0 Å². The Hall–Kier alpha value is -2.32. The largest absolute Gasteiger partial charge is 0.369 e. The van der Waals surface area contributed by atoms with Gasteiger partial charge in [-0.2, -0.15) is 0 Å². The maximum absolute atomic E-state index is 13.0. The van der Waals surface area contributed by atoms with Crippen molar-refractivity contribution in [1.82, 2.24) is 24.5 Å².